The molecule has 126 valence electrons. The number of nitrogens with one attached hydrogen (secondary N) is 2. The summed E-state index contributed by atoms with van der Waals surface area (Å²) in [6, 6.07) is 6.81. The Morgan fingerprint density at radius 1 is 1.48 bits per heavy atom. The molecule has 7 heteroatoms. The lowest BCUT2D eigenvalue weighted by molar-refractivity contribution is 0.594. The molecule has 23 heavy (non-hydrogen) atoms. The van der Waals surface area contributed by atoms with Gasteiger partial charge in [-0.1, -0.05) is 0 Å². The molecule has 0 amide bonds. The Kier molecular flexibility index (Phi) is 8.69. The van der Waals surface area contributed by atoms with E-state index in [1.54, 1.807) is 13.1 Å². The molecule has 0 spiro atoms. The number of hydrogen-bond acceptors (Lipinski definition) is 3. The van der Waals surface area contributed by atoms with Crippen LogP contribution in [0.4, 0.5) is 4.39 Å². The zero-order valence-electron chi connectivity index (χ0n) is 13.3. The van der Waals surface area contributed by atoms with Crippen LogP contribution in [0, 0.1) is 17.1 Å². The van der Waals surface area contributed by atoms with Crippen LogP contribution in [-0.4, -0.2) is 30.6 Å². The zero-order chi connectivity index (χ0) is 15.9. The van der Waals surface area contributed by atoms with Crippen molar-refractivity contribution < 1.29 is 4.39 Å². The molecule has 1 aromatic rings. The minimum atomic E-state index is -0.315. The molecule has 1 saturated carbocycles. The van der Waals surface area contributed by atoms with Gasteiger partial charge >= 0.3 is 0 Å². The normalized spacial score (nSPS) is 20.5. The molecule has 1 aliphatic carbocycles. The second-order valence-electron chi connectivity index (χ2n) is 5.36. The van der Waals surface area contributed by atoms with Crippen molar-refractivity contribution in [2.24, 2.45) is 4.99 Å². The number of nitriles is 1. The van der Waals surface area contributed by atoms with Crippen LogP contribution in [-0.2, 0) is 6.54 Å². The van der Waals surface area contributed by atoms with Crippen LogP contribution < -0.4 is 10.6 Å². The van der Waals surface area contributed by atoms with E-state index in [1.807, 2.05) is 17.8 Å². The number of guanidine groups is 1. The third-order valence-corrected chi connectivity index (χ3v) is 5.00. The summed E-state index contributed by atoms with van der Waals surface area (Å²) in [4.78, 5) is 4.19. The highest BCUT2D eigenvalue weighted by atomic mass is 127. The van der Waals surface area contributed by atoms with Gasteiger partial charge in [0.1, 0.15) is 5.82 Å². The molecule has 0 radical (unpaired) electrons. The first-order chi connectivity index (χ1) is 10.7. The van der Waals surface area contributed by atoms with E-state index in [9.17, 15) is 4.39 Å². The summed E-state index contributed by atoms with van der Waals surface area (Å²) in [6.07, 6.45) is 5.62. The third-order valence-electron chi connectivity index (χ3n) is 3.90. The Hall–Kier alpha value is -1.01. The molecule has 2 atom stereocenters. The first kappa shape index (κ1) is 20.0. The third kappa shape index (κ3) is 5.84. The van der Waals surface area contributed by atoms with Gasteiger partial charge in [-0.3, -0.25) is 4.99 Å². The van der Waals surface area contributed by atoms with E-state index in [0.29, 0.717) is 34.9 Å². The lowest BCUT2D eigenvalue weighted by Gasteiger charge is -2.17. The largest absolute Gasteiger partial charge is 0.354 e. The predicted octanol–water partition coefficient (Wildman–Crippen LogP) is 3.26. The zero-order valence-corrected chi connectivity index (χ0v) is 16.5. The van der Waals surface area contributed by atoms with Crippen LogP contribution in [0.25, 0.3) is 0 Å². The molecule has 4 nitrogen and oxygen atoms in total. The summed E-state index contributed by atoms with van der Waals surface area (Å²) in [5.41, 5.74) is 0.926. The Bertz CT molecular complexity index is 588. The number of aliphatic imine (C=N–C) groups is 1. The molecule has 1 fully saturated rings. The summed E-state index contributed by atoms with van der Waals surface area (Å²) < 4.78 is 13.7. The van der Waals surface area contributed by atoms with Gasteiger partial charge in [0.2, 0.25) is 0 Å². The van der Waals surface area contributed by atoms with Crippen LogP contribution >= 0.6 is 35.7 Å². The first-order valence-corrected chi connectivity index (χ1v) is 8.63. The molecule has 2 N–H and O–H groups in total. The molecule has 1 aromatic carbocycles. The second-order valence-corrected chi connectivity index (χ2v) is 6.49. The van der Waals surface area contributed by atoms with E-state index in [4.69, 9.17) is 5.26 Å². The van der Waals surface area contributed by atoms with Crippen LogP contribution in [0.5, 0.6) is 0 Å². The van der Waals surface area contributed by atoms with E-state index >= 15 is 0 Å². The van der Waals surface area contributed by atoms with E-state index in [1.165, 1.54) is 18.6 Å². The van der Waals surface area contributed by atoms with Gasteiger partial charge < -0.3 is 10.6 Å². The second kappa shape index (κ2) is 9.98. The number of thioether (sulfide) groups is 1. The number of hydrogen-bond donors (Lipinski definition) is 2. The van der Waals surface area contributed by atoms with Crippen molar-refractivity contribution >= 4 is 41.7 Å². The summed E-state index contributed by atoms with van der Waals surface area (Å²) >= 11 is 1.91. The van der Waals surface area contributed by atoms with Crippen molar-refractivity contribution in [1.29, 1.82) is 5.26 Å². The number of benzene rings is 1. The average molecular weight is 448 g/mol. The van der Waals surface area contributed by atoms with Crippen molar-refractivity contribution in [2.45, 2.75) is 37.1 Å². The molecular weight excluding hydrogens is 426 g/mol. The van der Waals surface area contributed by atoms with Crippen molar-refractivity contribution in [1.82, 2.24) is 10.6 Å². The fourth-order valence-electron chi connectivity index (χ4n) is 2.63. The van der Waals surface area contributed by atoms with Gasteiger partial charge in [0, 0.05) is 30.4 Å². The van der Waals surface area contributed by atoms with Crippen molar-refractivity contribution in [3.8, 4) is 6.07 Å². The maximum Gasteiger partial charge on any atom is 0.191 e. The summed E-state index contributed by atoms with van der Waals surface area (Å²) in [7, 11) is 1.71. The molecular formula is C16H22FIN4S. The Morgan fingerprint density at radius 3 is 2.87 bits per heavy atom. The predicted molar refractivity (Wildman–Crippen MR) is 105 cm³/mol. The lowest BCUT2D eigenvalue weighted by Crippen LogP contribution is -2.42. The number of halogens is 2. The first-order valence-electron chi connectivity index (χ1n) is 7.34. The van der Waals surface area contributed by atoms with E-state index < -0.39 is 0 Å². The molecule has 2 unspecified atom stereocenters. The highest BCUT2D eigenvalue weighted by molar-refractivity contribution is 14.0. The minimum absolute atomic E-state index is 0. The molecule has 1 aliphatic rings. The lowest BCUT2D eigenvalue weighted by atomic mass is 10.1. The van der Waals surface area contributed by atoms with Crippen LogP contribution in [0.2, 0.25) is 0 Å². The Balaban J connectivity index is 0.00000264. The fourth-order valence-corrected chi connectivity index (χ4v) is 3.43. The topological polar surface area (TPSA) is 60.2 Å². The molecule has 0 aliphatic heterocycles. The summed E-state index contributed by atoms with van der Waals surface area (Å²) in [5, 5.41) is 16.1. The van der Waals surface area contributed by atoms with Gasteiger partial charge in [-0.2, -0.15) is 17.0 Å². The van der Waals surface area contributed by atoms with Gasteiger partial charge in [-0.05, 0) is 43.7 Å². The molecule has 2 rings (SSSR count). The smallest absolute Gasteiger partial charge is 0.191 e. The Morgan fingerprint density at radius 2 is 2.26 bits per heavy atom. The molecule has 0 saturated heterocycles. The van der Waals surface area contributed by atoms with Crippen LogP contribution in [0.3, 0.4) is 0 Å². The molecule has 0 bridgehead atoms. The summed E-state index contributed by atoms with van der Waals surface area (Å²) in [5.74, 6) is 0.360. The fraction of sp³-hybridized carbons (Fsp3) is 0.500. The van der Waals surface area contributed by atoms with E-state index in [-0.39, 0.29) is 29.8 Å². The quantitative estimate of drug-likeness (QED) is 0.422. The van der Waals surface area contributed by atoms with E-state index in [0.717, 1.165) is 12.8 Å². The highest BCUT2D eigenvalue weighted by Crippen LogP contribution is 2.28. The van der Waals surface area contributed by atoms with Crippen molar-refractivity contribution in [3.05, 3.63) is 35.1 Å². The molecule has 0 aromatic heterocycles. The van der Waals surface area contributed by atoms with Crippen molar-refractivity contribution in [3.63, 3.8) is 0 Å². The monoisotopic (exact) mass is 448 g/mol. The van der Waals surface area contributed by atoms with Gasteiger partial charge in [0.25, 0.3) is 0 Å². The average Bonchev–Trinajstić information content (AvgIpc) is 3.00. The number of rotatable bonds is 4. The van der Waals surface area contributed by atoms with Crippen LogP contribution in [0.15, 0.2) is 23.2 Å². The van der Waals surface area contributed by atoms with Crippen molar-refractivity contribution in [2.75, 3.05) is 13.3 Å². The van der Waals surface area contributed by atoms with Gasteiger partial charge in [0.15, 0.2) is 5.96 Å². The summed E-state index contributed by atoms with van der Waals surface area (Å²) in [6.45, 7) is 0.305. The van der Waals surface area contributed by atoms with Crippen LogP contribution in [0.1, 0.15) is 30.4 Å². The highest BCUT2D eigenvalue weighted by Gasteiger charge is 2.24. The minimum Gasteiger partial charge on any atom is -0.354 e. The molecule has 0 heterocycles. The standard InChI is InChI=1S/C16H21FN4S.HI/c1-19-16(21-13-4-5-14(8-13)22-2)20-10-12-7-11(9-18)3-6-15(12)17;/h3,6-7,13-14H,4-5,8,10H2,1-2H3,(H2,19,20,21);1H. The number of nitrogens with zero attached hydrogens (tertiary/aromatic N) is 2. The SMILES string of the molecule is CN=C(NCc1cc(C#N)ccc1F)NC1CCC(SC)C1.I. The van der Waals surface area contributed by atoms with Gasteiger partial charge in [0.05, 0.1) is 11.6 Å². The van der Waals surface area contributed by atoms with Gasteiger partial charge in [-0.15, -0.1) is 24.0 Å². The van der Waals surface area contributed by atoms with E-state index in [2.05, 4.69) is 21.9 Å². The van der Waals surface area contributed by atoms with Gasteiger partial charge in [-0.25, -0.2) is 4.39 Å². The Labute approximate surface area is 158 Å². The maximum atomic E-state index is 13.7. The maximum absolute atomic E-state index is 13.7.